The molecule has 0 unspecified atom stereocenters. The number of amides is 3. The Kier molecular flexibility index (Phi) is 4.93. The molecule has 0 saturated heterocycles. The van der Waals surface area contributed by atoms with Crippen molar-refractivity contribution in [2.45, 2.75) is 26.1 Å². The van der Waals surface area contributed by atoms with Gasteiger partial charge in [-0.25, -0.2) is 4.79 Å². The summed E-state index contributed by atoms with van der Waals surface area (Å²) in [7, 11) is 3.52. The Morgan fingerprint density at radius 1 is 1.18 bits per heavy atom. The van der Waals surface area contributed by atoms with E-state index in [0.717, 1.165) is 30.0 Å². The SMILES string of the molecule is CN(C)C(=O)N1CCn2nc(CNC(=O)CN3CCc4ccccc43)cc2C1. The summed E-state index contributed by atoms with van der Waals surface area (Å²) in [6.45, 7) is 3.49. The van der Waals surface area contributed by atoms with Gasteiger partial charge in [0, 0.05) is 32.9 Å². The number of carbonyl (C=O) groups is 2. The molecule has 2 aromatic rings. The number of hydrogen-bond acceptors (Lipinski definition) is 4. The molecular formula is C20H26N6O2. The van der Waals surface area contributed by atoms with Gasteiger partial charge >= 0.3 is 6.03 Å². The van der Waals surface area contributed by atoms with Crippen molar-refractivity contribution >= 4 is 17.6 Å². The molecule has 0 radical (unpaired) electrons. The number of fused-ring (bicyclic) bond motifs is 2. The van der Waals surface area contributed by atoms with Crippen molar-refractivity contribution < 1.29 is 9.59 Å². The Balaban J connectivity index is 1.32. The van der Waals surface area contributed by atoms with Gasteiger partial charge < -0.3 is 20.0 Å². The van der Waals surface area contributed by atoms with Crippen molar-refractivity contribution in [3.8, 4) is 0 Å². The molecule has 148 valence electrons. The predicted molar refractivity (Wildman–Crippen MR) is 106 cm³/mol. The zero-order valence-corrected chi connectivity index (χ0v) is 16.4. The molecule has 0 bridgehead atoms. The highest BCUT2D eigenvalue weighted by Gasteiger charge is 2.24. The van der Waals surface area contributed by atoms with E-state index < -0.39 is 0 Å². The van der Waals surface area contributed by atoms with Gasteiger partial charge in [0.2, 0.25) is 5.91 Å². The van der Waals surface area contributed by atoms with Crippen LogP contribution in [-0.4, -0.2) is 65.2 Å². The quantitative estimate of drug-likeness (QED) is 0.858. The van der Waals surface area contributed by atoms with Gasteiger partial charge in [0.15, 0.2) is 0 Å². The zero-order chi connectivity index (χ0) is 19.7. The molecule has 4 rings (SSSR count). The molecule has 28 heavy (non-hydrogen) atoms. The first-order valence-electron chi connectivity index (χ1n) is 9.62. The monoisotopic (exact) mass is 382 g/mol. The van der Waals surface area contributed by atoms with Crippen LogP contribution >= 0.6 is 0 Å². The number of para-hydroxylation sites is 1. The lowest BCUT2D eigenvalue weighted by Gasteiger charge is -2.29. The number of anilines is 1. The lowest BCUT2D eigenvalue weighted by Crippen LogP contribution is -2.43. The molecule has 1 aromatic heterocycles. The van der Waals surface area contributed by atoms with Gasteiger partial charge in [-0.3, -0.25) is 9.48 Å². The van der Waals surface area contributed by atoms with Gasteiger partial charge in [0.25, 0.3) is 0 Å². The summed E-state index contributed by atoms with van der Waals surface area (Å²) >= 11 is 0. The van der Waals surface area contributed by atoms with E-state index in [9.17, 15) is 9.59 Å². The van der Waals surface area contributed by atoms with Gasteiger partial charge in [0.1, 0.15) is 0 Å². The number of carbonyl (C=O) groups excluding carboxylic acids is 2. The van der Waals surface area contributed by atoms with E-state index in [0.29, 0.717) is 32.7 Å². The molecule has 1 N–H and O–H groups in total. The van der Waals surface area contributed by atoms with Gasteiger partial charge in [-0.2, -0.15) is 5.10 Å². The predicted octanol–water partition coefficient (Wildman–Crippen LogP) is 1.06. The van der Waals surface area contributed by atoms with Gasteiger partial charge in [-0.05, 0) is 24.1 Å². The van der Waals surface area contributed by atoms with Crippen molar-refractivity contribution in [2.75, 3.05) is 38.6 Å². The molecule has 0 spiro atoms. The van der Waals surface area contributed by atoms with Crippen LogP contribution in [0.4, 0.5) is 10.5 Å². The van der Waals surface area contributed by atoms with Gasteiger partial charge in [0.05, 0.1) is 37.6 Å². The maximum absolute atomic E-state index is 12.4. The van der Waals surface area contributed by atoms with Crippen LogP contribution in [0.25, 0.3) is 0 Å². The molecule has 0 saturated carbocycles. The van der Waals surface area contributed by atoms with Gasteiger partial charge in [-0.1, -0.05) is 18.2 Å². The maximum Gasteiger partial charge on any atom is 0.319 e. The van der Waals surface area contributed by atoms with Crippen molar-refractivity contribution in [2.24, 2.45) is 0 Å². The third kappa shape index (κ3) is 3.67. The minimum absolute atomic E-state index is 0.00733. The molecule has 8 nitrogen and oxygen atoms in total. The summed E-state index contributed by atoms with van der Waals surface area (Å²) in [5.74, 6) is -0.00733. The topological polar surface area (TPSA) is 73.7 Å². The molecule has 0 atom stereocenters. The second-order valence-electron chi connectivity index (χ2n) is 7.53. The third-order valence-corrected chi connectivity index (χ3v) is 5.29. The second-order valence-corrected chi connectivity index (χ2v) is 7.53. The number of nitrogens with zero attached hydrogens (tertiary/aromatic N) is 5. The molecule has 3 amide bonds. The summed E-state index contributed by atoms with van der Waals surface area (Å²) < 4.78 is 1.93. The minimum Gasteiger partial charge on any atom is -0.362 e. The Morgan fingerprint density at radius 2 is 2.00 bits per heavy atom. The third-order valence-electron chi connectivity index (χ3n) is 5.29. The fraction of sp³-hybridized carbons (Fsp3) is 0.450. The number of urea groups is 1. The number of aromatic nitrogens is 2. The number of hydrogen-bond donors (Lipinski definition) is 1. The molecule has 8 heteroatoms. The van der Waals surface area contributed by atoms with Crippen LogP contribution in [-0.2, 0) is 30.8 Å². The van der Waals surface area contributed by atoms with E-state index >= 15 is 0 Å². The highest BCUT2D eigenvalue weighted by atomic mass is 16.2. The normalized spacial score (nSPS) is 15.2. The second kappa shape index (κ2) is 7.53. The fourth-order valence-electron chi connectivity index (χ4n) is 3.85. The Hall–Kier alpha value is -3.03. The molecule has 3 heterocycles. The minimum atomic E-state index is -0.00733. The lowest BCUT2D eigenvalue weighted by atomic mass is 10.2. The van der Waals surface area contributed by atoms with Crippen LogP contribution in [0, 0.1) is 0 Å². The van der Waals surface area contributed by atoms with Crippen molar-refractivity contribution in [1.82, 2.24) is 24.9 Å². The number of rotatable bonds is 4. The average Bonchev–Trinajstić information content (AvgIpc) is 3.29. The first kappa shape index (κ1) is 18.3. The van der Waals surface area contributed by atoms with Crippen LogP contribution in [0.3, 0.4) is 0 Å². The Morgan fingerprint density at radius 3 is 2.82 bits per heavy atom. The molecule has 1 aromatic carbocycles. The molecule has 2 aliphatic heterocycles. The van der Waals surface area contributed by atoms with E-state index in [2.05, 4.69) is 27.4 Å². The van der Waals surface area contributed by atoms with E-state index in [1.807, 2.05) is 27.8 Å². The smallest absolute Gasteiger partial charge is 0.319 e. The molecule has 2 aliphatic rings. The first-order valence-corrected chi connectivity index (χ1v) is 9.62. The molecular weight excluding hydrogens is 356 g/mol. The highest BCUT2D eigenvalue weighted by molar-refractivity contribution is 5.82. The van der Waals surface area contributed by atoms with Crippen molar-refractivity contribution in [1.29, 1.82) is 0 Å². The van der Waals surface area contributed by atoms with Crippen LogP contribution in [0.15, 0.2) is 30.3 Å². The van der Waals surface area contributed by atoms with Crippen LogP contribution in [0.1, 0.15) is 17.0 Å². The fourth-order valence-corrected chi connectivity index (χ4v) is 3.85. The summed E-state index contributed by atoms with van der Waals surface area (Å²) in [4.78, 5) is 30.1. The standard InChI is InChI=1S/C20H26N6O2/c1-23(2)20(28)25-9-10-26-17(13-25)11-16(22-26)12-21-19(27)14-24-8-7-15-5-3-4-6-18(15)24/h3-6,11H,7-10,12-14H2,1-2H3,(H,21,27). The largest absolute Gasteiger partial charge is 0.362 e. The van der Waals surface area contributed by atoms with E-state index in [4.69, 9.17) is 0 Å². The summed E-state index contributed by atoms with van der Waals surface area (Å²) in [6, 6.07) is 10.2. The molecule has 0 aliphatic carbocycles. The molecule has 0 fully saturated rings. The van der Waals surface area contributed by atoms with E-state index in [-0.39, 0.29) is 11.9 Å². The van der Waals surface area contributed by atoms with E-state index in [1.54, 1.807) is 19.0 Å². The van der Waals surface area contributed by atoms with E-state index in [1.165, 1.54) is 5.56 Å². The summed E-state index contributed by atoms with van der Waals surface area (Å²) in [6.07, 6.45) is 0.986. The average molecular weight is 382 g/mol. The summed E-state index contributed by atoms with van der Waals surface area (Å²) in [5.41, 5.74) is 4.28. The first-order chi connectivity index (χ1) is 13.5. The highest BCUT2D eigenvalue weighted by Crippen LogP contribution is 2.26. The zero-order valence-electron chi connectivity index (χ0n) is 16.4. The lowest BCUT2D eigenvalue weighted by molar-refractivity contribution is -0.119. The van der Waals surface area contributed by atoms with Crippen molar-refractivity contribution in [3.63, 3.8) is 0 Å². The van der Waals surface area contributed by atoms with Gasteiger partial charge in [-0.15, -0.1) is 0 Å². The van der Waals surface area contributed by atoms with Crippen LogP contribution in [0.2, 0.25) is 0 Å². The van der Waals surface area contributed by atoms with Crippen molar-refractivity contribution in [3.05, 3.63) is 47.3 Å². The Labute approximate surface area is 164 Å². The number of nitrogens with one attached hydrogen (secondary N) is 1. The Bertz CT molecular complexity index is 891. The van der Waals surface area contributed by atoms with Crippen LogP contribution < -0.4 is 10.2 Å². The maximum atomic E-state index is 12.4. The van der Waals surface area contributed by atoms with Crippen LogP contribution in [0.5, 0.6) is 0 Å². The number of benzene rings is 1. The summed E-state index contributed by atoms with van der Waals surface area (Å²) in [5, 5.41) is 7.54.